The summed E-state index contributed by atoms with van der Waals surface area (Å²) in [6.07, 6.45) is 2.21. The van der Waals surface area contributed by atoms with Crippen molar-refractivity contribution in [3.8, 4) is 5.75 Å². The number of carbonyl (C=O) groups is 1. The van der Waals surface area contributed by atoms with Crippen LogP contribution in [-0.2, 0) is 4.79 Å². The highest BCUT2D eigenvalue weighted by Gasteiger charge is 2.23. The molecule has 1 saturated carbocycles. The number of hydrogen-bond donors (Lipinski definition) is 1. The zero-order valence-corrected chi connectivity index (χ0v) is 10.7. The van der Waals surface area contributed by atoms with Crippen LogP contribution in [0.3, 0.4) is 0 Å². The maximum absolute atomic E-state index is 11.5. The molecule has 0 bridgehead atoms. The molecule has 3 nitrogen and oxygen atoms in total. The van der Waals surface area contributed by atoms with Gasteiger partial charge >= 0.3 is 0 Å². The Kier molecular flexibility index (Phi) is 3.36. The molecule has 1 aromatic carbocycles. The highest BCUT2D eigenvalue weighted by atomic mass is 16.5. The Morgan fingerprint density at radius 1 is 1.24 bits per heavy atom. The highest BCUT2D eigenvalue weighted by Crippen LogP contribution is 2.22. The van der Waals surface area contributed by atoms with Crippen LogP contribution in [0.25, 0.3) is 0 Å². The van der Waals surface area contributed by atoms with Crippen molar-refractivity contribution in [1.82, 2.24) is 5.32 Å². The summed E-state index contributed by atoms with van der Waals surface area (Å²) < 4.78 is 5.55. The minimum atomic E-state index is -0.0230. The number of hydrogen-bond acceptors (Lipinski definition) is 2. The predicted molar refractivity (Wildman–Crippen MR) is 67.3 cm³/mol. The molecule has 2 rings (SSSR count). The van der Waals surface area contributed by atoms with Crippen LogP contribution in [-0.4, -0.2) is 18.6 Å². The normalized spacial score (nSPS) is 14.5. The van der Waals surface area contributed by atoms with E-state index in [0.717, 1.165) is 24.2 Å². The van der Waals surface area contributed by atoms with Crippen molar-refractivity contribution in [1.29, 1.82) is 0 Å². The second-order valence-corrected chi connectivity index (χ2v) is 4.83. The van der Waals surface area contributed by atoms with Crippen LogP contribution < -0.4 is 10.1 Å². The molecule has 0 radical (unpaired) electrons. The van der Waals surface area contributed by atoms with Crippen LogP contribution in [0.15, 0.2) is 12.1 Å². The van der Waals surface area contributed by atoms with Gasteiger partial charge in [-0.2, -0.15) is 0 Å². The molecule has 1 aromatic rings. The summed E-state index contributed by atoms with van der Waals surface area (Å²) in [6, 6.07) is 4.48. The first-order valence-corrected chi connectivity index (χ1v) is 6.06. The summed E-state index contributed by atoms with van der Waals surface area (Å²) >= 11 is 0. The smallest absolute Gasteiger partial charge is 0.258 e. The number of nitrogens with one attached hydrogen (secondary N) is 1. The zero-order valence-electron chi connectivity index (χ0n) is 10.7. The highest BCUT2D eigenvalue weighted by molar-refractivity contribution is 5.78. The molecule has 3 heteroatoms. The Balaban J connectivity index is 1.93. The Morgan fingerprint density at radius 3 is 2.53 bits per heavy atom. The van der Waals surface area contributed by atoms with Gasteiger partial charge in [-0.05, 0) is 56.4 Å². The van der Waals surface area contributed by atoms with E-state index in [9.17, 15) is 4.79 Å². The third kappa shape index (κ3) is 3.22. The van der Waals surface area contributed by atoms with Gasteiger partial charge in [0.1, 0.15) is 5.75 Å². The van der Waals surface area contributed by atoms with Crippen molar-refractivity contribution in [2.24, 2.45) is 0 Å². The van der Waals surface area contributed by atoms with Crippen molar-refractivity contribution in [3.63, 3.8) is 0 Å². The van der Waals surface area contributed by atoms with Crippen LogP contribution in [0.5, 0.6) is 5.75 Å². The Hall–Kier alpha value is -1.51. The van der Waals surface area contributed by atoms with Crippen molar-refractivity contribution in [3.05, 3.63) is 28.8 Å². The van der Waals surface area contributed by atoms with Crippen molar-refractivity contribution in [2.45, 2.75) is 39.7 Å². The van der Waals surface area contributed by atoms with Gasteiger partial charge in [-0.15, -0.1) is 0 Å². The van der Waals surface area contributed by atoms with E-state index in [1.165, 1.54) is 11.1 Å². The maximum atomic E-state index is 11.5. The Bertz CT molecular complexity index is 436. The number of carbonyl (C=O) groups excluding carboxylic acids is 1. The van der Waals surface area contributed by atoms with Gasteiger partial charge in [-0.1, -0.05) is 6.07 Å². The SMILES string of the molecule is Cc1cc(C)c(OCC(=O)NC2CC2)cc1C. The largest absolute Gasteiger partial charge is 0.483 e. The summed E-state index contributed by atoms with van der Waals surface area (Å²) in [6.45, 7) is 6.23. The van der Waals surface area contributed by atoms with Crippen LogP contribution in [0.2, 0.25) is 0 Å². The average Bonchev–Trinajstić information content (AvgIpc) is 3.05. The molecule has 1 aliphatic carbocycles. The predicted octanol–water partition coefficient (Wildman–Crippen LogP) is 2.27. The minimum absolute atomic E-state index is 0.0230. The fourth-order valence-corrected chi connectivity index (χ4v) is 1.73. The molecular formula is C14H19NO2. The van der Waals surface area contributed by atoms with Crippen molar-refractivity contribution >= 4 is 5.91 Å². The quantitative estimate of drug-likeness (QED) is 0.866. The van der Waals surface area contributed by atoms with Gasteiger partial charge in [-0.3, -0.25) is 4.79 Å². The number of rotatable bonds is 4. The first-order chi connectivity index (χ1) is 8.06. The van der Waals surface area contributed by atoms with Crippen LogP contribution >= 0.6 is 0 Å². The molecule has 1 N–H and O–H groups in total. The maximum Gasteiger partial charge on any atom is 0.258 e. The molecule has 0 aromatic heterocycles. The van der Waals surface area contributed by atoms with Gasteiger partial charge in [0, 0.05) is 6.04 Å². The first kappa shape index (κ1) is 12.0. The average molecular weight is 233 g/mol. The molecule has 0 atom stereocenters. The molecule has 0 unspecified atom stereocenters. The van der Waals surface area contributed by atoms with E-state index < -0.39 is 0 Å². The molecule has 1 fully saturated rings. The number of amides is 1. The van der Waals surface area contributed by atoms with Crippen LogP contribution in [0.1, 0.15) is 29.5 Å². The molecule has 17 heavy (non-hydrogen) atoms. The molecule has 0 saturated heterocycles. The van der Waals surface area contributed by atoms with Gasteiger partial charge in [0.2, 0.25) is 0 Å². The summed E-state index contributed by atoms with van der Waals surface area (Å²) in [7, 11) is 0. The fraction of sp³-hybridized carbons (Fsp3) is 0.500. The molecule has 0 heterocycles. The second-order valence-electron chi connectivity index (χ2n) is 4.83. The fourth-order valence-electron chi connectivity index (χ4n) is 1.73. The Morgan fingerprint density at radius 2 is 1.88 bits per heavy atom. The number of benzene rings is 1. The van der Waals surface area contributed by atoms with Gasteiger partial charge < -0.3 is 10.1 Å². The van der Waals surface area contributed by atoms with Gasteiger partial charge in [0.15, 0.2) is 6.61 Å². The third-order valence-corrected chi connectivity index (χ3v) is 3.09. The zero-order chi connectivity index (χ0) is 12.4. The van der Waals surface area contributed by atoms with E-state index in [1.54, 1.807) is 0 Å². The summed E-state index contributed by atoms with van der Waals surface area (Å²) in [5.74, 6) is 0.782. The second kappa shape index (κ2) is 4.78. The lowest BCUT2D eigenvalue weighted by Crippen LogP contribution is -2.30. The number of aryl methyl sites for hydroxylation is 3. The molecule has 92 valence electrons. The molecule has 0 aliphatic heterocycles. The van der Waals surface area contributed by atoms with E-state index in [2.05, 4.69) is 18.3 Å². The standard InChI is InChI=1S/C14H19NO2/c1-9-6-11(3)13(7-10(9)2)17-8-14(16)15-12-4-5-12/h6-7,12H,4-5,8H2,1-3H3,(H,15,16). The first-order valence-electron chi connectivity index (χ1n) is 6.06. The van der Waals surface area contributed by atoms with E-state index in [-0.39, 0.29) is 12.5 Å². The Labute approximate surface area is 102 Å². The topological polar surface area (TPSA) is 38.3 Å². The summed E-state index contributed by atoms with van der Waals surface area (Å²) in [5, 5.41) is 2.91. The van der Waals surface area contributed by atoms with Gasteiger partial charge in [0.05, 0.1) is 0 Å². The van der Waals surface area contributed by atoms with Crippen LogP contribution in [0.4, 0.5) is 0 Å². The van der Waals surface area contributed by atoms with Crippen molar-refractivity contribution < 1.29 is 9.53 Å². The van der Waals surface area contributed by atoms with E-state index in [4.69, 9.17) is 4.74 Å². The summed E-state index contributed by atoms with van der Waals surface area (Å²) in [4.78, 5) is 11.5. The lowest BCUT2D eigenvalue weighted by atomic mass is 10.1. The van der Waals surface area contributed by atoms with E-state index >= 15 is 0 Å². The monoisotopic (exact) mass is 233 g/mol. The van der Waals surface area contributed by atoms with E-state index in [0.29, 0.717) is 6.04 Å². The van der Waals surface area contributed by atoms with Crippen LogP contribution in [0, 0.1) is 20.8 Å². The molecular weight excluding hydrogens is 214 g/mol. The molecule has 1 amide bonds. The minimum Gasteiger partial charge on any atom is -0.483 e. The van der Waals surface area contributed by atoms with Crippen molar-refractivity contribution in [2.75, 3.05) is 6.61 Å². The lowest BCUT2D eigenvalue weighted by molar-refractivity contribution is -0.123. The number of ether oxygens (including phenoxy) is 1. The molecule has 1 aliphatic rings. The van der Waals surface area contributed by atoms with Gasteiger partial charge in [-0.25, -0.2) is 0 Å². The molecule has 0 spiro atoms. The lowest BCUT2D eigenvalue weighted by Gasteiger charge is -2.11. The van der Waals surface area contributed by atoms with Gasteiger partial charge in [0.25, 0.3) is 5.91 Å². The third-order valence-electron chi connectivity index (χ3n) is 3.09. The summed E-state index contributed by atoms with van der Waals surface area (Å²) in [5.41, 5.74) is 3.51. The van der Waals surface area contributed by atoms with E-state index in [1.807, 2.05) is 19.9 Å².